The minimum Gasteiger partial charge on any atom is -0.466 e. The van der Waals surface area contributed by atoms with Crippen molar-refractivity contribution in [3.63, 3.8) is 0 Å². The van der Waals surface area contributed by atoms with Crippen LogP contribution in [0.5, 0.6) is 0 Å². The van der Waals surface area contributed by atoms with Gasteiger partial charge in [-0.05, 0) is 104 Å². The molecule has 2 heterocycles. The van der Waals surface area contributed by atoms with E-state index < -0.39 is 34.1 Å². The third-order valence-electron chi connectivity index (χ3n) is 11.4. The molecule has 5 aliphatic rings. The van der Waals surface area contributed by atoms with Gasteiger partial charge in [-0.15, -0.1) is 11.7 Å². The normalized spacial score (nSPS) is 18.8. The van der Waals surface area contributed by atoms with Crippen LogP contribution >= 0.6 is 59.2 Å². The van der Waals surface area contributed by atoms with Crippen molar-refractivity contribution in [3.8, 4) is 0 Å². The monoisotopic (exact) mass is 1070 g/mol. The Morgan fingerprint density at radius 1 is 0.754 bits per heavy atom. The first-order valence-corrected chi connectivity index (χ1v) is 23.2. The Labute approximate surface area is 379 Å². The molecule has 9 nitrogen and oxygen atoms in total. The average molecular weight is 1070 g/mol. The lowest BCUT2D eigenvalue weighted by Gasteiger charge is -2.36. The molecule has 0 amide bonds. The van der Waals surface area contributed by atoms with Crippen LogP contribution < -0.4 is 0 Å². The molecule has 0 radical (unpaired) electrons. The zero-order chi connectivity index (χ0) is 45.3. The number of fused-ring (bicyclic) bond motifs is 5. The van der Waals surface area contributed by atoms with Crippen LogP contribution in [0.1, 0.15) is 98.9 Å². The molecule has 2 spiro atoms. The number of rotatable bonds is 4. The number of carbonyl (C=O) groups is 5. The van der Waals surface area contributed by atoms with Crippen molar-refractivity contribution in [2.24, 2.45) is 0 Å². The second kappa shape index (κ2) is 21.5. The highest BCUT2D eigenvalue weighted by Gasteiger charge is 2.52. The van der Waals surface area contributed by atoms with Crippen molar-refractivity contribution >= 4 is 88.3 Å². The fourth-order valence-electron chi connectivity index (χ4n) is 8.13. The molecule has 2 fully saturated rings. The van der Waals surface area contributed by atoms with Crippen molar-refractivity contribution in [1.82, 2.24) is 14.3 Å². The van der Waals surface area contributed by atoms with Crippen LogP contribution in [-0.4, -0.2) is 69.5 Å². The van der Waals surface area contributed by atoms with E-state index in [1.807, 2.05) is 30.3 Å². The van der Waals surface area contributed by atoms with E-state index in [1.165, 1.54) is 21.0 Å². The molecule has 0 unspecified atom stereocenters. The molecule has 0 N–H and O–H groups in total. The summed E-state index contributed by atoms with van der Waals surface area (Å²) in [6.07, 6.45) is 9.07. The summed E-state index contributed by atoms with van der Waals surface area (Å²) in [5, 5.41) is 0. The van der Waals surface area contributed by atoms with E-state index in [2.05, 4.69) is 69.1 Å². The number of pyridine rings is 2. The highest BCUT2D eigenvalue weighted by molar-refractivity contribution is 9.11. The largest absolute Gasteiger partial charge is 0.466 e. The van der Waals surface area contributed by atoms with Crippen molar-refractivity contribution < 1.29 is 49.1 Å². The number of ether oxygens (including phenoxy) is 1. The molecule has 0 aliphatic heterocycles. The number of hydrogen-bond acceptors (Lipinski definition) is 9. The lowest BCUT2D eigenvalue weighted by Crippen LogP contribution is -2.40. The Kier molecular flexibility index (Phi) is 17.7. The summed E-state index contributed by atoms with van der Waals surface area (Å²) in [4.78, 5) is 65.2. The number of hydrogen-bond donors (Lipinski definition) is 0. The molecule has 8 rings (SSSR count). The van der Waals surface area contributed by atoms with Gasteiger partial charge in [-0.1, -0.05) is 42.4 Å². The molecule has 332 valence electrons. The van der Waals surface area contributed by atoms with Crippen LogP contribution in [0.25, 0.3) is 0 Å². The molecule has 0 saturated heterocycles. The first-order valence-electron chi connectivity index (χ1n) is 19.6. The number of halogens is 8. The first-order chi connectivity index (χ1) is 28.6. The number of esters is 1. The van der Waals surface area contributed by atoms with E-state index in [-0.39, 0.29) is 61.9 Å². The topological polar surface area (TPSA) is 124 Å². The molecule has 0 atom stereocenters. The maximum Gasteiger partial charge on any atom is 0.329 e. The van der Waals surface area contributed by atoms with Crippen LogP contribution in [0.15, 0.2) is 68.8 Å². The predicted molar refractivity (Wildman–Crippen MR) is 234 cm³/mol. The van der Waals surface area contributed by atoms with Gasteiger partial charge in [0.15, 0.2) is 0 Å². The minimum absolute atomic E-state index is 0.0648. The number of carbonyl (C=O) groups excluding carboxylic acids is 5. The molecule has 2 saturated carbocycles. The van der Waals surface area contributed by atoms with Crippen molar-refractivity contribution in [1.29, 1.82) is 0 Å². The van der Waals surface area contributed by atoms with E-state index >= 15 is 0 Å². The van der Waals surface area contributed by atoms with Gasteiger partial charge in [0, 0.05) is 96.3 Å². The molecule has 3 aromatic rings. The standard InChI is InChI=1S/C14H13BrF2O.C13H12BrNO2.C8H6BrNO.C4H10F3NS.C4H6O2/c15-10-1-2-11-9(7-10)8-12(18)13(11)3-5-14(16,17)6-4-13;14-9-5-8-6-11(17)13(12(8)15-7-9)3-1-10(16)2-4-13;9-6-1-5-2-7(11)3-8(5)10-4-6;1-3-8(4-2)9(5,6)7;1-3-4(5)6-2/h1-2,7H,3-6,8H2;5,7H,1-4,6H2;1,4H,2-3H2;3-4H2,1-2H3;3H,1H2,2H3. The highest BCUT2D eigenvalue weighted by atomic mass is 79.9. The van der Waals surface area contributed by atoms with E-state index in [1.54, 1.807) is 12.4 Å². The Bertz CT molecular complexity index is 2130. The van der Waals surface area contributed by atoms with Gasteiger partial charge < -0.3 is 4.74 Å². The number of nitrogens with zero attached hydrogens (tertiary/aromatic N) is 3. The summed E-state index contributed by atoms with van der Waals surface area (Å²) in [7, 11) is 1.31. The SMILES string of the molecule is C=CC(=O)OC.CCN(CC)S(F)(F)F.O=C1CCC2(CC1)C(=O)Cc1cc(Br)cnc12.O=C1Cc2cc(Br)ccc2C12CCC(F)(F)CC2.O=C1Cc2cc(Br)cnc2C1. The maximum atomic E-state index is 13.3. The van der Waals surface area contributed by atoms with Gasteiger partial charge in [-0.2, -0.15) is 4.31 Å². The number of alkyl halides is 2. The third-order valence-corrected chi connectivity index (χ3v) is 13.8. The molecule has 2 aromatic heterocycles. The summed E-state index contributed by atoms with van der Waals surface area (Å²) in [6, 6.07) is 9.70. The van der Waals surface area contributed by atoms with Crippen LogP contribution in [0.2, 0.25) is 0 Å². The van der Waals surface area contributed by atoms with Crippen LogP contribution in [0, 0.1) is 0 Å². The summed E-state index contributed by atoms with van der Waals surface area (Å²) in [5.41, 5.74) is 4.85. The van der Waals surface area contributed by atoms with Crippen LogP contribution in [0.4, 0.5) is 20.4 Å². The summed E-state index contributed by atoms with van der Waals surface area (Å²) in [5.74, 6) is -2.09. The molecule has 0 bridgehead atoms. The van der Waals surface area contributed by atoms with E-state index in [0.717, 1.165) is 53.1 Å². The molecular formula is C43H47Br3F5N3O6S. The van der Waals surface area contributed by atoms with Gasteiger partial charge >= 0.3 is 5.97 Å². The van der Waals surface area contributed by atoms with Crippen LogP contribution in [0.3, 0.4) is 0 Å². The Balaban J connectivity index is 0.000000177. The van der Waals surface area contributed by atoms with E-state index in [9.17, 15) is 44.4 Å². The number of methoxy groups -OCH3 is 1. The van der Waals surface area contributed by atoms with Gasteiger partial charge in [0.2, 0.25) is 5.92 Å². The number of Topliss-reactive ketones (excluding diaryl/α,β-unsaturated/α-hetero) is 4. The zero-order valence-electron chi connectivity index (χ0n) is 33.9. The first kappa shape index (κ1) is 50.5. The quantitative estimate of drug-likeness (QED) is 0.143. The zero-order valence-corrected chi connectivity index (χ0v) is 39.5. The van der Waals surface area contributed by atoms with Crippen LogP contribution in [-0.2, 0) is 65.2 Å². The van der Waals surface area contributed by atoms with Crippen molar-refractivity contribution in [2.75, 3.05) is 20.2 Å². The summed E-state index contributed by atoms with van der Waals surface area (Å²) >= 11 is 5.14. The predicted octanol–water partition coefficient (Wildman–Crippen LogP) is 10.9. The fraction of sp³-hybridized carbons (Fsp3) is 0.465. The molecule has 5 aliphatic carbocycles. The molecule has 1 aromatic carbocycles. The Morgan fingerprint density at radius 2 is 1.30 bits per heavy atom. The summed E-state index contributed by atoms with van der Waals surface area (Å²) in [6.45, 7) is 6.29. The van der Waals surface area contributed by atoms with Gasteiger partial charge in [0.05, 0.1) is 29.3 Å². The van der Waals surface area contributed by atoms with Gasteiger partial charge in [-0.25, -0.2) is 13.6 Å². The second-order valence-electron chi connectivity index (χ2n) is 15.1. The Morgan fingerprint density at radius 3 is 1.82 bits per heavy atom. The van der Waals surface area contributed by atoms with E-state index in [0.29, 0.717) is 55.7 Å². The average Bonchev–Trinajstić information content (AvgIpc) is 3.80. The molecular weight excluding hydrogens is 1020 g/mol. The fourth-order valence-corrected chi connectivity index (χ4v) is 9.89. The van der Waals surface area contributed by atoms with Gasteiger partial charge in [0.1, 0.15) is 23.1 Å². The second-order valence-corrected chi connectivity index (χ2v) is 19.1. The lowest BCUT2D eigenvalue weighted by molar-refractivity contribution is -0.135. The maximum absolute atomic E-state index is 13.3. The Hall–Kier alpha value is -3.19. The van der Waals surface area contributed by atoms with Gasteiger partial charge in [-0.3, -0.25) is 29.1 Å². The minimum atomic E-state index is -4.93. The number of benzene rings is 1. The molecule has 61 heavy (non-hydrogen) atoms. The number of aromatic nitrogens is 2. The summed E-state index contributed by atoms with van der Waals surface area (Å²) < 4.78 is 69.2. The lowest BCUT2D eigenvalue weighted by atomic mass is 9.68. The third kappa shape index (κ3) is 12.7. The van der Waals surface area contributed by atoms with Gasteiger partial charge in [0.25, 0.3) is 11.4 Å². The molecule has 18 heteroatoms. The highest BCUT2D eigenvalue weighted by Crippen LogP contribution is 2.56. The number of ketones is 4. The van der Waals surface area contributed by atoms with E-state index in [4.69, 9.17) is 0 Å². The van der Waals surface area contributed by atoms with Crippen molar-refractivity contribution in [2.45, 2.75) is 108 Å². The smallest absolute Gasteiger partial charge is 0.329 e. The van der Waals surface area contributed by atoms with Crippen molar-refractivity contribution in [3.05, 3.63) is 102 Å².